The van der Waals surface area contributed by atoms with E-state index in [0.29, 0.717) is 10.9 Å². The fourth-order valence-electron chi connectivity index (χ4n) is 3.72. The Labute approximate surface area is 170 Å². The predicted molar refractivity (Wildman–Crippen MR) is 119 cm³/mol. The van der Waals surface area contributed by atoms with Crippen LogP contribution in [0.2, 0.25) is 0 Å². The van der Waals surface area contributed by atoms with Gasteiger partial charge in [-0.1, -0.05) is 66.7 Å². The van der Waals surface area contributed by atoms with E-state index in [9.17, 15) is 13.2 Å². The van der Waals surface area contributed by atoms with Crippen molar-refractivity contribution >= 4 is 42.9 Å². The largest absolute Gasteiger partial charge is 0.377 e. The number of nitrogens with zero attached hydrogens (tertiary/aromatic N) is 1. The van der Waals surface area contributed by atoms with E-state index in [1.54, 1.807) is 30.3 Å². The molecule has 0 aliphatic heterocycles. The fourth-order valence-corrected chi connectivity index (χ4v) is 5.18. The lowest BCUT2D eigenvalue weighted by Crippen LogP contribution is -2.17. The van der Waals surface area contributed by atoms with Gasteiger partial charge < -0.3 is 4.90 Å². The zero-order chi connectivity index (χ0) is 20.6. The van der Waals surface area contributed by atoms with Gasteiger partial charge in [0, 0.05) is 36.1 Å². The number of sulfone groups is 1. The number of hydrogen-bond donors (Lipinski definition) is 0. The number of hydrogen-bond acceptors (Lipinski definition) is 4. The van der Waals surface area contributed by atoms with E-state index in [1.807, 2.05) is 67.5 Å². The zero-order valence-corrected chi connectivity index (χ0v) is 17.1. The van der Waals surface area contributed by atoms with Crippen LogP contribution in [0.25, 0.3) is 21.5 Å². The molecule has 0 aromatic heterocycles. The van der Waals surface area contributed by atoms with Gasteiger partial charge in [-0.05, 0) is 22.9 Å². The molecule has 0 aliphatic rings. The number of carbonyl (C=O) groups is 1. The van der Waals surface area contributed by atoms with Gasteiger partial charge in [0.05, 0.1) is 4.90 Å². The minimum absolute atomic E-state index is 0.187. The summed E-state index contributed by atoms with van der Waals surface area (Å²) in [5.41, 5.74) is 1.36. The van der Waals surface area contributed by atoms with E-state index < -0.39 is 21.4 Å². The first-order valence-electron chi connectivity index (χ1n) is 9.31. The number of benzene rings is 4. The topological polar surface area (TPSA) is 54.5 Å². The monoisotopic (exact) mass is 403 g/mol. The van der Waals surface area contributed by atoms with Crippen LogP contribution >= 0.6 is 0 Å². The molecule has 0 heterocycles. The van der Waals surface area contributed by atoms with Crippen molar-refractivity contribution in [1.82, 2.24) is 0 Å². The van der Waals surface area contributed by atoms with Crippen LogP contribution < -0.4 is 4.90 Å². The van der Waals surface area contributed by atoms with Crippen molar-refractivity contribution in [2.45, 2.75) is 4.90 Å². The van der Waals surface area contributed by atoms with E-state index in [-0.39, 0.29) is 4.90 Å². The maximum Gasteiger partial charge on any atom is 0.186 e. The van der Waals surface area contributed by atoms with Gasteiger partial charge in [0.2, 0.25) is 0 Å². The van der Waals surface area contributed by atoms with Crippen LogP contribution in [0.1, 0.15) is 10.4 Å². The Morgan fingerprint density at radius 1 is 0.759 bits per heavy atom. The van der Waals surface area contributed by atoms with Gasteiger partial charge in [0.25, 0.3) is 0 Å². The summed E-state index contributed by atoms with van der Waals surface area (Å²) in [5, 5.41) is 3.15. The highest BCUT2D eigenvalue weighted by atomic mass is 32.2. The Morgan fingerprint density at radius 3 is 2.17 bits per heavy atom. The smallest absolute Gasteiger partial charge is 0.186 e. The number of rotatable bonds is 5. The normalized spacial score (nSPS) is 11.7. The van der Waals surface area contributed by atoms with Crippen molar-refractivity contribution in [3.8, 4) is 0 Å². The predicted octanol–water partition coefficient (Wildman–Crippen LogP) is 4.72. The van der Waals surface area contributed by atoms with Crippen LogP contribution in [0.3, 0.4) is 0 Å². The molecule has 29 heavy (non-hydrogen) atoms. The van der Waals surface area contributed by atoms with Gasteiger partial charge in [-0.25, -0.2) is 8.42 Å². The van der Waals surface area contributed by atoms with Crippen LogP contribution in [0.5, 0.6) is 0 Å². The molecule has 0 amide bonds. The van der Waals surface area contributed by atoms with Crippen LogP contribution in [0.15, 0.2) is 83.8 Å². The fraction of sp³-hybridized carbons (Fsp3) is 0.125. The summed E-state index contributed by atoms with van der Waals surface area (Å²) < 4.78 is 26.4. The maximum atomic E-state index is 13.2. The Kier molecular flexibility index (Phi) is 4.84. The zero-order valence-electron chi connectivity index (χ0n) is 16.3. The number of anilines is 1. The molecule has 0 radical (unpaired) electrons. The third kappa shape index (κ3) is 3.49. The summed E-state index contributed by atoms with van der Waals surface area (Å²) in [7, 11) is 0.0199. The van der Waals surface area contributed by atoms with Crippen LogP contribution in [-0.4, -0.2) is 34.0 Å². The second-order valence-corrected chi connectivity index (χ2v) is 9.19. The van der Waals surface area contributed by atoms with Crippen molar-refractivity contribution in [2.75, 3.05) is 24.7 Å². The lowest BCUT2D eigenvalue weighted by molar-refractivity contribution is 0.102. The second-order valence-electron chi connectivity index (χ2n) is 7.23. The summed E-state index contributed by atoms with van der Waals surface area (Å²) in [6.45, 7) is 0. The highest BCUT2D eigenvalue weighted by Crippen LogP contribution is 2.31. The van der Waals surface area contributed by atoms with Crippen molar-refractivity contribution in [2.24, 2.45) is 0 Å². The standard InChI is InChI=1S/C24H21NO3S/c1-25(2)22-14-6-13-21-19(22)11-7-15-24(21)29(27,28)16-23(26)20-12-5-9-17-8-3-4-10-18(17)20/h3-15H,16H2,1-2H3. The molecule has 0 fully saturated rings. The summed E-state index contributed by atoms with van der Waals surface area (Å²) >= 11 is 0. The van der Waals surface area contributed by atoms with Gasteiger partial charge in [-0.2, -0.15) is 0 Å². The molecular formula is C24H21NO3S. The maximum absolute atomic E-state index is 13.2. The molecule has 5 heteroatoms. The van der Waals surface area contributed by atoms with E-state index in [2.05, 4.69) is 0 Å². The summed E-state index contributed by atoms with van der Waals surface area (Å²) in [5.74, 6) is -0.964. The van der Waals surface area contributed by atoms with Crippen LogP contribution in [0.4, 0.5) is 5.69 Å². The quantitative estimate of drug-likeness (QED) is 0.453. The van der Waals surface area contributed by atoms with E-state index in [0.717, 1.165) is 21.8 Å². The first-order chi connectivity index (χ1) is 13.9. The number of Topliss-reactive ketones (excluding diaryl/α,β-unsaturated/α-hetero) is 1. The van der Waals surface area contributed by atoms with Gasteiger partial charge >= 0.3 is 0 Å². The van der Waals surface area contributed by atoms with Gasteiger partial charge in [0.1, 0.15) is 5.75 Å². The van der Waals surface area contributed by atoms with Gasteiger partial charge in [-0.3, -0.25) is 4.79 Å². The average Bonchev–Trinajstić information content (AvgIpc) is 2.71. The van der Waals surface area contributed by atoms with E-state index in [4.69, 9.17) is 0 Å². The first kappa shape index (κ1) is 19.2. The van der Waals surface area contributed by atoms with Crippen molar-refractivity contribution < 1.29 is 13.2 Å². The lowest BCUT2D eigenvalue weighted by atomic mass is 10.0. The molecule has 146 valence electrons. The minimum atomic E-state index is -3.81. The average molecular weight is 404 g/mol. The number of fused-ring (bicyclic) bond motifs is 2. The third-order valence-electron chi connectivity index (χ3n) is 5.09. The Bertz CT molecular complexity index is 1340. The minimum Gasteiger partial charge on any atom is -0.377 e. The van der Waals surface area contributed by atoms with Crippen molar-refractivity contribution in [3.05, 3.63) is 84.4 Å². The van der Waals surface area contributed by atoms with Crippen LogP contribution in [0, 0.1) is 0 Å². The van der Waals surface area contributed by atoms with E-state index in [1.165, 1.54) is 0 Å². The molecule has 0 saturated carbocycles. The van der Waals surface area contributed by atoms with Gasteiger partial charge in [0.15, 0.2) is 15.6 Å². The van der Waals surface area contributed by atoms with Crippen molar-refractivity contribution in [3.63, 3.8) is 0 Å². The summed E-state index contributed by atoms with van der Waals surface area (Å²) in [4.78, 5) is 15.1. The molecule has 0 atom stereocenters. The lowest BCUT2D eigenvalue weighted by Gasteiger charge is -2.17. The molecule has 0 bridgehead atoms. The summed E-state index contributed by atoms with van der Waals surface area (Å²) in [6, 6.07) is 23.7. The Hall–Kier alpha value is -3.18. The van der Waals surface area contributed by atoms with Gasteiger partial charge in [-0.15, -0.1) is 0 Å². The summed E-state index contributed by atoms with van der Waals surface area (Å²) in [6.07, 6.45) is 0. The molecule has 0 unspecified atom stereocenters. The molecule has 4 aromatic carbocycles. The SMILES string of the molecule is CN(C)c1cccc2c(S(=O)(=O)CC(=O)c3cccc4ccccc34)cccc12. The highest BCUT2D eigenvalue weighted by molar-refractivity contribution is 7.92. The molecule has 0 saturated heterocycles. The molecule has 0 spiro atoms. The molecule has 0 aliphatic carbocycles. The molecule has 4 aromatic rings. The van der Waals surface area contributed by atoms with Crippen molar-refractivity contribution in [1.29, 1.82) is 0 Å². The Morgan fingerprint density at radius 2 is 1.38 bits per heavy atom. The number of ketones is 1. The van der Waals surface area contributed by atoms with E-state index >= 15 is 0 Å². The second kappa shape index (κ2) is 7.33. The first-order valence-corrected chi connectivity index (χ1v) is 11.0. The number of carbonyl (C=O) groups excluding carboxylic acids is 1. The molecule has 4 nitrogen and oxygen atoms in total. The Balaban J connectivity index is 1.78. The molecule has 4 rings (SSSR count). The van der Waals surface area contributed by atoms with Crippen LogP contribution in [-0.2, 0) is 9.84 Å². The highest BCUT2D eigenvalue weighted by Gasteiger charge is 2.24. The molecule has 0 N–H and O–H groups in total. The third-order valence-corrected chi connectivity index (χ3v) is 6.76. The molecular weight excluding hydrogens is 382 g/mol.